The Kier molecular flexibility index (Phi) is 30.7. The average molecular weight is 690 g/mol. The number of hydrogen-bond donors (Lipinski definition) is 3. The molecule has 0 aliphatic heterocycles. The van der Waals surface area contributed by atoms with Crippen molar-refractivity contribution in [3.63, 3.8) is 0 Å². The lowest BCUT2D eigenvalue weighted by atomic mass is 10.0. The van der Waals surface area contributed by atoms with Gasteiger partial charge in [-0.05, 0) is 19.3 Å². The topological polar surface area (TPSA) is 105 Å². The number of amides is 1. The summed E-state index contributed by atoms with van der Waals surface area (Å²) in [5.74, 6) is -0.230. The van der Waals surface area contributed by atoms with E-state index in [0.717, 1.165) is 19.3 Å². The zero-order valence-corrected chi connectivity index (χ0v) is 32.4. The van der Waals surface area contributed by atoms with Crippen molar-refractivity contribution in [2.45, 2.75) is 187 Å². The summed E-state index contributed by atoms with van der Waals surface area (Å²) in [6.45, 7) is 4.46. The number of rotatable bonds is 35. The first kappa shape index (κ1) is 46.2. The zero-order chi connectivity index (χ0) is 35.1. The van der Waals surface area contributed by atoms with Crippen LogP contribution in [0.15, 0.2) is 12.2 Å². The van der Waals surface area contributed by atoms with Crippen LogP contribution >= 0.6 is 7.82 Å². The van der Waals surface area contributed by atoms with Gasteiger partial charge in [0.25, 0.3) is 0 Å². The molecule has 0 aromatic rings. The van der Waals surface area contributed by atoms with Gasteiger partial charge in [0.15, 0.2) is 0 Å². The highest BCUT2D eigenvalue weighted by molar-refractivity contribution is 7.47. The average Bonchev–Trinajstić information content (AvgIpc) is 3.00. The maximum atomic E-state index is 12.3. The highest BCUT2D eigenvalue weighted by atomic mass is 31.2. The van der Waals surface area contributed by atoms with Gasteiger partial charge >= 0.3 is 7.82 Å². The molecule has 0 aliphatic rings. The van der Waals surface area contributed by atoms with Crippen molar-refractivity contribution in [2.75, 3.05) is 40.9 Å². The smallest absolute Gasteiger partial charge is 0.387 e. The van der Waals surface area contributed by atoms with Crippen LogP contribution in [0.1, 0.15) is 174 Å². The fourth-order valence-electron chi connectivity index (χ4n) is 5.61. The predicted molar refractivity (Wildman–Crippen MR) is 198 cm³/mol. The molecule has 0 spiro atoms. The lowest BCUT2D eigenvalue weighted by Crippen LogP contribution is -2.45. The number of unbranched alkanes of at least 4 members (excludes halogenated alkanes) is 22. The molecule has 0 heterocycles. The van der Waals surface area contributed by atoms with Crippen molar-refractivity contribution in [1.82, 2.24) is 5.32 Å². The molecule has 0 aliphatic carbocycles. The molecule has 3 unspecified atom stereocenters. The standard InChI is InChI=1S/C38H77N2O6P/c1-6-8-9-10-11-12-13-14-15-16-17-18-19-20-21-22-23-24-25-26-27-28-29-30-32-37(41)36(39-38(42)31-7-2)35-46-47(43,44)45-34-33-40(3,4)5/h30,32,36-37,41H,6-29,31,33-35H2,1-5H3,(H-,39,42,43,44)/p+1/b32-30+. The van der Waals surface area contributed by atoms with E-state index >= 15 is 0 Å². The summed E-state index contributed by atoms with van der Waals surface area (Å²) in [4.78, 5) is 22.2. The molecule has 0 bridgehead atoms. The zero-order valence-electron chi connectivity index (χ0n) is 31.5. The molecule has 47 heavy (non-hydrogen) atoms. The fourth-order valence-corrected chi connectivity index (χ4v) is 6.35. The molecule has 8 nitrogen and oxygen atoms in total. The number of carbonyl (C=O) groups excluding carboxylic acids is 1. The predicted octanol–water partition coefficient (Wildman–Crippen LogP) is 10.0. The number of nitrogens with zero attached hydrogens (tertiary/aromatic N) is 1. The number of aliphatic hydroxyl groups is 1. The molecule has 3 atom stereocenters. The van der Waals surface area contributed by atoms with E-state index in [4.69, 9.17) is 9.05 Å². The van der Waals surface area contributed by atoms with E-state index in [9.17, 15) is 19.4 Å². The van der Waals surface area contributed by atoms with Crippen LogP contribution < -0.4 is 5.32 Å². The van der Waals surface area contributed by atoms with Crippen molar-refractivity contribution >= 4 is 13.7 Å². The van der Waals surface area contributed by atoms with Gasteiger partial charge in [-0.1, -0.05) is 161 Å². The van der Waals surface area contributed by atoms with Gasteiger partial charge in [-0.15, -0.1) is 0 Å². The quantitative estimate of drug-likeness (QED) is 0.0265. The molecule has 3 N–H and O–H groups in total. The van der Waals surface area contributed by atoms with Crippen molar-refractivity contribution in [1.29, 1.82) is 0 Å². The van der Waals surface area contributed by atoms with Crippen LogP contribution in [0.3, 0.4) is 0 Å². The molecular weight excluding hydrogens is 611 g/mol. The Morgan fingerprint density at radius 3 is 1.53 bits per heavy atom. The lowest BCUT2D eigenvalue weighted by molar-refractivity contribution is -0.870. The van der Waals surface area contributed by atoms with Crippen molar-refractivity contribution in [3.05, 3.63) is 12.2 Å². The van der Waals surface area contributed by atoms with Crippen LogP contribution in [0.5, 0.6) is 0 Å². The van der Waals surface area contributed by atoms with Crippen LogP contribution in [-0.2, 0) is 18.4 Å². The number of nitrogens with one attached hydrogen (secondary N) is 1. The van der Waals surface area contributed by atoms with Crippen molar-refractivity contribution in [3.8, 4) is 0 Å². The fraction of sp³-hybridized carbons (Fsp3) is 0.921. The second-order valence-corrected chi connectivity index (χ2v) is 16.1. The van der Waals surface area contributed by atoms with Gasteiger partial charge in [0.05, 0.1) is 39.9 Å². The summed E-state index contributed by atoms with van der Waals surface area (Å²) in [5, 5.41) is 13.4. The lowest BCUT2D eigenvalue weighted by Gasteiger charge is -2.25. The Hall–Kier alpha value is -0.760. The van der Waals surface area contributed by atoms with E-state index in [1.165, 1.54) is 128 Å². The second kappa shape index (κ2) is 31.2. The molecule has 0 radical (unpaired) electrons. The summed E-state index contributed by atoms with van der Waals surface area (Å²) < 4.78 is 23.1. The molecule has 9 heteroatoms. The number of aliphatic hydroxyl groups excluding tert-OH is 1. The number of quaternary nitrogens is 1. The van der Waals surface area contributed by atoms with Crippen molar-refractivity contribution < 1.29 is 32.9 Å². The van der Waals surface area contributed by atoms with E-state index in [0.29, 0.717) is 23.9 Å². The Bertz CT molecular complexity index is 789. The number of carbonyl (C=O) groups is 1. The Morgan fingerprint density at radius 2 is 1.13 bits per heavy atom. The number of phosphoric acid groups is 1. The van der Waals surface area contributed by atoms with E-state index in [1.807, 2.05) is 34.1 Å². The van der Waals surface area contributed by atoms with Crippen LogP contribution in [-0.4, -0.2) is 73.4 Å². The van der Waals surface area contributed by atoms with E-state index in [2.05, 4.69) is 12.2 Å². The number of allylic oxidation sites excluding steroid dienone is 1. The summed E-state index contributed by atoms with van der Waals surface area (Å²) in [5.41, 5.74) is 0. The largest absolute Gasteiger partial charge is 0.472 e. The minimum atomic E-state index is -4.30. The van der Waals surface area contributed by atoms with Gasteiger partial charge in [0.1, 0.15) is 13.2 Å². The molecule has 0 rings (SSSR count). The first-order valence-corrected chi connectivity index (χ1v) is 21.1. The first-order valence-electron chi connectivity index (χ1n) is 19.6. The van der Waals surface area contributed by atoms with E-state index in [1.54, 1.807) is 6.08 Å². The Labute approximate surface area is 291 Å². The van der Waals surface area contributed by atoms with Crippen LogP contribution in [0, 0.1) is 0 Å². The molecule has 0 aromatic heterocycles. The molecule has 0 saturated carbocycles. The van der Waals surface area contributed by atoms with Crippen LogP contribution in [0.25, 0.3) is 0 Å². The third-order valence-electron chi connectivity index (χ3n) is 8.73. The second-order valence-electron chi connectivity index (χ2n) is 14.7. The van der Waals surface area contributed by atoms with Gasteiger partial charge in [0.2, 0.25) is 5.91 Å². The minimum absolute atomic E-state index is 0.0616. The van der Waals surface area contributed by atoms with Gasteiger partial charge in [-0.3, -0.25) is 13.8 Å². The number of likely N-dealkylation sites (N-methyl/N-ethyl adjacent to an activating group) is 1. The van der Waals surface area contributed by atoms with Crippen LogP contribution in [0.2, 0.25) is 0 Å². The normalized spacial score (nSPS) is 14.8. The first-order chi connectivity index (χ1) is 22.5. The molecule has 0 saturated heterocycles. The third-order valence-corrected chi connectivity index (χ3v) is 9.71. The van der Waals surface area contributed by atoms with Gasteiger partial charge in [-0.2, -0.15) is 0 Å². The van der Waals surface area contributed by atoms with Gasteiger partial charge in [0, 0.05) is 6.42 Å². The van der Waals surface area contributed by atoms with E-state index < -0.39 is 20.0 Å². The highest BCUT2D eigenvalue weighted by Crippen LogP contribution is 2.43. The summed E-state index contributed by atoms with van der Waals surface area (Å²) in [6.07, 6.45) is 34.5. The summed E-state index contributed by atoms with van der Waals surface area (Å²) >= 11 is 0. The van der Waals surface area contributed by atoms with E-state index in [-0.39, 0.29) is 19.1 Å². The van der Waals surface area contributed by atoms with Crippen molar-refractivity contribution in [2.24, 2.45) is 0 Å². The summed E-state index contributed by atoms with van der Waals surface area (Å²) in [7, 11) is 1.57. The number of phosphoric ester groups is 1. The molecule has 280 valence electrons. The minimum Gasteiger partial charge on any atom is -0.387 e. The SMILES string of the molecule is CCCCCCCCCCCCCCCCCCCCCCCC/C=C/C(O)C(COP(=O)(O)OCC[N+](C)(C)C)NC(=O)CCC. The summed E-state index contributed by atoms with van der Waals surface area (Å²) in [6, 6.07) is -0.836. The highest BCUT2D eigenvalue weighted by Gasteiger charge is 2.27. The molecule has 0 aromatic carbocycles. The Balaban J connectivity index is 3.88. The maximum Gasteiger partial charge on any atom is 0.472 e. The monoisotopic (exact) mass is 690 g/mol. The molecular formula is C38H78N2O6P+. The van der Waals surface area contributed by atoms with Crippen LogP contribution in [0.4, 0.5) is 0 Å². The number of hydrogen-bond acceptors (Lipinski definition) is 5. The van der Waals surface area contributed by atoms with Gasteiger partial charge in [-0.25, -0.2) is 4.57 Å². The molecule has 1 amide bonds. The molecule has 0 fully saturated rings. The maximum absolute atomic E-state index is 12.3. The Morgan fingerprint density at radius 1 is 0.702 bits per heavy atom. The van der Waals surface area contributed by atoms with Gasteiger partial charge < -0.3 is 19.8 Å². The third kappa shape index (κ3) is 33.5.